The molecule has 1 N–H and O–H groups in total. The van der Waals surface area contributed by atoms with Crippen molar-refractivity contribution in [2.75, 3.05) is 25.1 Å². The molecule has 112 valence electrons. The fraction of sp³-hybridized carbons (Fsp3) is 0.733. The van der Waals surface area contributed by atoms with Crippen molar-refractivity contribution in [2.24, 2.45) is 0 Å². The first-order valence-electron chi connectivity index (χ1n) is 7.56. The Hall–Kier alpha value is -1.36. The third kappa shape index (κ3) is 4.34. The molecule has 5 heteroatoms. The standard InChI is InChI=1S/C15H25N3O2/c1-4-7-16-13-9-14(18-15(17-13)11(2)3)20-10-12-6-5-8-19-12/h9,11-12H,4-8,10H2,1-3H3,(H,16,17,18). The normalized spacial score (nSPS) is 18.5. The zero-order chi connectivity index (χ0) is 14.4. The van der Waals surface area contributed by atoms with E-state index >= 15 is 0 Å². The molecular weight excluding hydrogens is 254 g/mol. The quantitative estimate of drug-likeness (QED) is 0.831. The number of nitrogens with zero attached hydrogens (tertiary/aromatic N) is 2. The maximum Gasteiger partial charge on any atom is 0.218 e. The first-order chi connectivity index (χ1) is 9.69. The predicted octanol–water partition coefficient (Wildman–Crippen LogP) is 2.98. The molecule has 2 rings (SSSR count). The minimum atomic E-state index is 0.208. The van der Waals surface area contributed by atoms with Gasteiger partial charge in [0.15, 0.2) is 0 Å². The van der Waals surface area contributed by atoms with Crippen LogP contribution in [-0.4, -0.2) is 35.8 Å². The molecule has 1 aromatic heterocycles. The molecule has 0 radical (unpaired) electrons. The van der Waals surface area contributed by atoms with Crippen LogP contribution < -0.4 is 10.1 Å². The van der Waals surface area contributed by atoms with Crippen LogP contribution in [0.2, 0.25) is 0 Å². The molecular formula is C15H25N3O2. The van der Waals surface area contributed by atoms with E-state index in [0.717, 1.165) is 44.1 Å². The molecule has 1 fully saturated rings. The maximum absolute atomic E-state index is 5.79. The Labute approximate surface area is 121 Å². The second kappa shape index (κ2) is 7.43. The molecule has 0 spiro atoms. The van der Waals surface area contributed by atoms with E-state index in [1.165, 1.54) is 0 Å². The lowest BCUT2D eigenvalue weighted by molar-refractivity contribution is 0.0662. The summed E-state index contributed by atoms with van der Waals surface area (Å²) in [7, 11) is 0. The first kappa shape index (κ1) is 15.0. The average Bonchev–Trinajstić information content (AvgIpc) is 2.96. The molecule has 1 saturated heterocycles. The van der Waals surface area contributed by atoms with Crippen LogP contribution in [0.4, 0.5) is 5.82 Å². The summed E-state index contributed by atoms with van der Waals surface area (Å²) in [5.41, 5.74) is 0. The lowest BCUT2D eigenvalue weighted by Crippen LogP contribution is -2.17. The van der Waals surface area contributed by atoms with Gasteiger partial charge in [0.1, 0.15) is 18.2 Å². The second-order valence-corrected chi connectivity index (χ2v) is 5.48. The Morgan fingerprint density at radius 1 is 1.45 bits per heavy atom. The number of anilines is 1. The van der Waals surface area contributed by atoms with Crippen LogP contribution in [-0.2, 0) is 4.74 Å². The van der Waals surface area contributed by atoms with Gasteiger partial charge in [-0.25, -0.2) is 4.98 Å². The SMILES string of the molecule is CCCNc1cc(OCC2CCCO2)nc(C(C)C)n1. The molecule has 0 saturated carbocycles. The highest BCUT2D eigenvalue weighted by Crippen LogP contribution is 2.20. The van der Waals surface area contributed by atoms with Gasteiger partial charge >= 0.3 is 0 Å². The minimum absolute atomic E-state index is 0.208. The van der Waals surface area contributed by atoms with Gasteiger partial charge in [-0.05, 0) is 19.3 Å². The summed E-state index contributed by atoms with van der Waals surface area (Å²) in [5, 5.41) is 3.30. The Kier molecular flexibility index (Phi) is 5.59. The van der Waals surface area contributed by atoms with Crippen molar-refractivity contribution in [3.8, 4) is 5.88 Å². The zero-order valence-electron chi connectivity index (χ0n) is 12.7. The molecule has 0 aromatic carbocycles. The van der Waals surface area contributed by atoms with E-state index in [-0.39, 0.29) is 12.0 Å². The second-order valence-electron chi connectivity index (χ2n) is 5.48. The Balaban J connectivity index is 2.02. The molecule has 1 aliphatic heterocycles. The van der Waals surface area contributed by atoms with Crippen LogP contribution in [0.3, 0.4) is 0 Å². The average molecular weight is 279 g/mol. The third-order valence-corrected chi connectivity index (χ3v) is 3.23. The van der Waals surface area contributed by atoms with Gasteiger partial charge in [-0.1, -0.05) is 20.8 Å². The molecule has 2 heterocycles. The van der Waals surface area contributed by atoms with Crippen LogP contribution in [0.5, 0.6) is 5.88 Å². The molecule has 1 atom stereocenters. The van der Waals surface area contributed by atoms with Crippen LogP contribution in [0.25, 0.3) is 0 Å². The van der Waals surface area contributed by atoms with Crippen molar-refractivity contribution < 1.29 is 9.47 Å². The molecule has 5 nitrogen and oxygen atoms in total. The monoisotopic (exact) mass is 279 g/mol. The van der Waals surface area contributed by atoms with Gasteiger partial charge in [-0.2, -0.15) is 4.98 Å². The summed E-state index contributed by atoms with van der Waals surface area (Å²) in [4.78, 5) is 8.99. The number of hydrogen-bond donors (Lipinski definition) is 1. The predicted molar refractivity (Wildman–Crippen MR) is 79.4 cm³/mol. The first-order valence-corrected chi connectivity index (χ1v) is 7.56. The zero-order valence-corrected chi connectivity index (χ0v) is 12.7. The van der Waals surface area contributed by atoms with Gasteiger partial charge < -0.3 is 14.8 Å². The molecule has 1 unspecified atom stereocenters. The van der Waals surface area contributed by atoms with Gasteiger partial charge in [0, 0.05) is 25.1 Å². The molecule has 1 aliphatic rings. The largest absolute Gasteiger partial charge is 0.475 e. The van der Waals surface area contributed by atoms with Crippen LogP contribution in [0.15, 0.2) is 6.07 Å². The smallest absolute Gasteiger partial charge is 0.218 e. The van der Waals surface area contributed by atoms with Crippen molar-refractivity contribution >= 4 is 5.82 Å². The van der Waals surface area contributed by atoms with E-state index in [9.17, 15) is 0 Å². The van der Waals surface area contributed by atoms with Gasteiger partial charge in [0.2, 0.25) is 5.88 Å². The Morgan fingerprint density at radius 3 is 2.95 bits per heavy atom. The van der Waals surface area contributed by atoms with E-state index in [0.29, 0.717) is 12.5 Å². The number of ether oxygens (including phenoxy) is 2. The van der Waals surface area contributed by atoms with Crippen molar-refractivity contribution in [2.45, 2.75) is 52.1 Å². The summed E-state index contributed by atoms with van der Waals surface area (Å²) >= 11 is 0. The van der Waals surface area contributed by atoms with Crippen molar-refractivity contribution in [3.05, 3.63) is 11.9 Å². The lowest BCUT2D eigenvalue weighted by Gasteiger charge is -2.14. The summed E-state index contributed by atoms with van der Waals surface area (Å²) in [5.74, 6) is 2.57. The Morgan fingerprint density at radius 2 is 2.30 bits per heavy atom. The van der Waals surface area contributed by atoms with Crippen LogP contribution in [0.1, 0.15) is 51.8 Å². The molecule has 20 heavy (non-hydrogen) atoms. The van der Waals surface area contributed by atoms with E-state index in [1.54, 1.807) is 0 Å². The third-order valence-electron chi connectivity index (χ3n) is 3.23. The summed E-state index contributed by atoms with van der Waals surface area (Å²) in [6.45, 7) is 8.62. The van der Waals surface area contributed by atoms with E-state index in [1.807, 2.05) is 6.07 Å². The molecule has 0 amide bonds. The van der Waals surface area contributed by atoms with E-state index < -0.39 is 0 Å². The van der Waals surface area contributed by atoms with Gasteiger partial charge in [0.05, 0.1) is 6.10 Å². The summed E-state index contributed by atoms with van der Waals surface area (Å²) < 4.78 is 11.3. The topological polar surface area (TPSA) is 56.3 Å². The van der Waals surface area contributed by atoms with E-state index in [2.05, 4.69) is 36.1 Å². The number of hydrogen-bond acceptors (Lipinski definition) is 5. The highest BCUT2D eigenvalue weighted by molar-refractivity contribution is 5.38. The van der Waals surface area contributed by atoms with Gasteiger partial charge in [0.25, 0.3) is 0 Å². The number of aromatic nitrogens is 2. The maximum atomic E-state index is 5.79. The minimum Gasteiger partial charge on any atom is -0.475 e. The fourth-order valence-corrected chi connectivity index (χ4v) is 2.07. The highest BCUT2D eigenvalue weighted by atomic mass is 16.5. The molecule has 0 aliphatic carbocycles. The van der Waals surface area contributed by atoms with Gasteiger partial charge in [-0.15, -0.1) is 0 Å². The van der Waals surface area contributed by atoms with Crippen molar-refractivity contribution in [1.29, 1.82) is 0 Å². The lowest BCUT2D eigenvalue weighted by atomic mass is 10.2. The molecule has 1 aromatic rings. The number of rotatable bonds is 7. The van der Waals surface area contributed by atoms with Gasteiger partial charge in [-0.3, -0.25) is 0 Å². The molecule has 0 bridgehead atoms. The van der Waals surface area contributed by atoms with E-state index in [4.69, 9.17) is 9.47 Å². The fourth-order valence-electron chi connectivity index (χ4n) is 2.07. The highest BCUT2D eigenvalue weighted by Gasteiger charge is 2.17. The summed E-state index contributed by atoms with van der Waals surface area (Å²) in [6.07, 6.45) is 3.47. The van der Waals surface area contributed by atoms with Crippen molar-refractivity contribution in [1.82, 2.24) is 9.97 Å². The van der Waals surface area contributed by atoms with Crippen LogP contribution >= 0.6 is 0 Å². The Bertz CT molecular complexity index is 418. The summed E-state index contributed by atoms with van der Waals surface area (Å²) in [6, 6.07) is 1.87. The number of nitrogens with one attached hydrogen (secondary N) is 1. The van der Waals surface area contributed by atoms with Crippen molar-refractivity contribution in [3.63, 3.8) is 0 Å². The van der Waals surface area contributed by atoms with Crippen LogP contribution in [0, 0.1) is 0 Å².